The summed E-state index contributed by atoms with van der Waals surface area (Å²) in [6, 6.07) is 26.7. The summed E-state index contributed by atoms with van der Waals surface area (Å²) in [6.07, 6.45) is 0.262. The number of rotatable bonds is 6. The zero-order valence-corrected chi connectivity index (χ0v) is 21.9. The highest BCUT2D eigenvalue weighted by molar-refractivity contribution is 6.74. The second-order valence-electron chi connectivity index (χ2n) is 10.2. The van der Waals surface area contributed by atoms with Crippen LogP contribution in [-0.2, 0) is 4.43 Å². The number of anilines is 1. The van der Waals surface area contributed by atoms with Crippen molar-refractivity contribution in [1.29, 1.82) is 0 Å². The van der Waals surface area contributed by atoms with Crippen LogP contribution in [0.3, 0.4) is 0 Å². The number of halogens is 1. The molecule has 0 saturated carbocycles. The van der Waals surface area contributed by atoms with Gasteiger partial charge in [-0.2, -0.15) is 0 Å². The zero-order chi connectivity index (χ0) is 23.6. The fraction of sp³-hybridized carbons (Fsp3) is 0.321. The largest absolute Gasteiger partial charge is 0.410 e. The summed E-state index contributed by atoms with van der Waals surface area (Å²) in [5.41, 5.74) is 5.05. The van der Waals surface area contributed by atoms with Gasteiger partial charge in [-0.05, 0) is 36.3 Å². The van der Waals surface area contributed by atoms with Crippen LogP contribution in [0.15, 0.2) is 83.9 Å². The topological polar surface area (TPSA) is 24.8 Å². The van der Waals surface area contributed by atoms with E-state index in [9.17, 15) is 0 Å². The number of benzene rings is 3. The molecule has 1 heterocycles. The van der Waals surface area contributed by atoms with E-state index >= 15 is 0 Å². The van der Waals surface area contributed by atoms with Gasteiger partial charge in [0.1, 0.15) is 0 Å². The van der Waals surface area contributed by atoms with Crippen molar-refractivity contribution in [3.8, 4) is 0 Å². The Hall–Kier alpha value is -2.40. The molecule has 4 rings (SSSR count). The Balaban J connectivity index is 1.58. The van der Waals surface area contributed by atoms with Gasteiger partial charge in [0.15, 0.2) is 8.32 Å². The van der Waals surface area contributed by atoms with Crippen LogP contribution < -0.4 is 4.90 Å². The lowest BCUT2D eigenvalue weighted by Gasteiger charge is -2.47. The third-order valence-corrected chi connectivity index (χ3v) is 11.6. The fourth-order valence-electron chi connectivity index (χ4n) is 3.73. The maximum absolute atomic E-state index is 6.61. The second kappa shape index (κ2) is 9.45. The maximum Gasteiger partial charge on any atom is 0.192 e. The normalized spacial score (nSPS) is 14.7. The summed E-state index contributed by atoms with van der Waals surface area (Å²) in [4.78, 5) is 7.35. The average Bonchev–Trinajstić information content (AvgIpc) is 2.76. The smallest absolute Gasteiger partial charge is 0.192 e. The van der Waals surface area contributed by atoms with Gasteiger partial charge in [-0.3, -0.25) is 0 Å². The van der Waals surface area contributed by atoms with Crippen molar-refractivity contribution >= 4 is 37.0 Å². The molecule has 0 N–H and O–H groups in total. The van der Waals surface area contributed by atoms with E-state index in [-0.39, 0.29) is 11.1 Å². The van der Waals surface area contributed by atoms with Gasteiger partial charge in [-0.1, -0.05) is 93.0 Å². The van der Waals surface area contributed by atoms with Crippen LogP contribution in [0, 0.1) is 0 Å². The van der Waals surface area contributed by atoms with Gasteiger partial charge in [0, 0.05) is 24.2 Å². The first-order valence-corrected chi connectivity index (χ1v) is 14.8. The van der Waals surface area contributed by atoms with E-state index in [0.717, 1.165) is 46.3 Å². The molecule has 0 radical (unpaired) electrons. The first kappa shape index (κ1) is 23.7. The lowest BCUT2D eigenvalue weighted by molar-refractivity contribution is 0.149. The molecule has 0 aliphatic carbocycles. The molecular weight excluding hydrogens is 444 g/mol. The SMILES string of the molecule is CC(C)(C)[Si](C)(C)OC1CN(c2cc(N=C(c3ccccc3)c3ccccc3)ccc2Cl)C1. The van der Waals surface area contributed by atoms with Crippen molar-refractivity contribution in [2.24, 2.45) is 4.99 Å². The monoisotopic (exact) mass is 476 g/mol. The quantitative estimate of drug-likeness (QED) is 0.268. The molecule has 0 unspecified atom stereocenters. The molecule has 0 bridgehead atoms. The van der Waals surface area contributed by atoms with Gasteiger partial charge in [0.25, 0.3) is 0 Å². The number of nitrogens with zero attached hydrogens (tertiary/aromatic N) is 2. The van der Waals surface area contributed by atoms with E-state index in [1.54, 1.807) is 0 Å². The van der Waals surface area contributed by atoms with Crippen molar-refractivity contribution in [1.82, 2.24) is 0 Å². The molecule has 3 nitrogen and oxygen atoms in total. The number of aliphatic imine (C=N–C) groups is 1. The average molecular weight is 477 g/mol. The molecule has 1 aliphatic heterocycles. The Bertz CT molecular complexity index is 1080. The standard InChI is InChI=1S/C28H33ClN2OSi/c1-28(2,3)33(4,5)32-24-19-31(20-24)26-18-23(16-17-25(26)29)30-27(21-12-8-6-9-13-21)22-14-10-7-11-15-22/h6-18,24H,19-20H2,1-5H3. The molecule has 1 aliphatic rings. The molecular formula is C28H33ClN2OSi. The Labute approximate surface area is 204 Å². The minimum absolute atomic E-state index is 0.213. The van der Waals surface area contributed by atoms with E-state index in [1.807, 2.05) is 48.5 Å². The first-order valence-electron chi connectivity index (χ1n) is 11.6. The number of hydrogen-bond donors (Lipinski definition) is 0. The van der Waals surface area contributed by atoms with Crippen molar-refractivity contribution < 1.29 is 4.43 Å². The highest BCUT2D eigenvalue weighted by atomic mass is 35.5. The minimum Gasteiger partial charge on any atom is -0.410 e. The van der Waals surface area contributed by atoms with Crippen LogP contribution in [0.4, 0.5) is 11.4 Å². The predicted molar refractivity (Wildman–Crippen MR) is 144 cm³/mol. The van der Waals surface area contributed by atoms with Crippen molar-refractivity contribution in [3.63, 3.8) is 0 Å². The summed E-state index contributed by atoms with van der Waals surface area (Å²) in [5.74, 6) is 0. The summed E-state index contributed by atoms with van der Waals surface area (Å²) in [6.45, 7) is 13.2. The van der Waals surface area contributed by atoms with Gasteiger partial charge >= 0.3 is 0 Å². The highest BCUT2D eigenvalue weighted by Gasteiger charge is 2.42. The van der Waals surface area contributed by atoms with Crippen LogP contribution in [0.25, 0.3) is 0 Å². The van der Waals surface area contributed by atoms with Crippen LogP contribution in [0.2, 0.25) is 23.2 Å². The summed E-state index contributed by atoms with van der Waals surface area (Å²) >= 11 is 6.61. The van der Waals surface area contributed by atoms with Gasteiger partial charge < -0.3 is 9.33 Å². The van der Waals surface area contributed by atoms with Crippen LogP contribution in [0.1, 0.15) is 31.9 Å². The summed E-state index contributed by atoms with van der Waals surface area (Å²) < 4.78 is 6.57. The molecule has 172 valence electrons. The number of hydrogen-bond acceptors (Lipinski definition) is 3. The molecule has 0 spiro atoms. The lowest BCUT2D eigenvalue weighted by Crippen LogP contribution is -2.58. The Morgan fingerprint density at radius 1 is 0.909 bits per heavy atom. The van der Waals surface area contributed by atoms with Gasteiger partial charge in [0.2, 0.25) is 0 Å². The minimum atomic E-state index is -1.77. The van der Waals surface area contributed by atoms with E-state index in [1.165, 1.54) is 0 Å². The molecule has 1 saturated heterocycles. The van der Waals surface area contributed by atoms with Crippen LogP contribution >= 0.6 is 11.6 Å². The molecule has 5 heteroatoms. The van der Waals surface area contributed by atoms with Crippen LogP contribution in [0.5, 0.6) is 0 Å². The molecule has 1 fully saturated rings. The molecule has 3 aromatic carbocycles. The van der Waals surface area contributed by atoms with Crippen LogP contribution in [-0.4, -0.2) is 33.2 Å². The second-order valence-corrected chi connectivity index (χ2v) is 15.4. The third-order valence-electron chi connectivity index (χ3n) is 6.72. The molecule has 3 aromatic rings. The fourth-order valence-corrected chi connectivity index (χ4v) is 5.31. The van der Waals surface area contributed by atoms with Gasteiger partial charge in [0.05, 0.1) is 28.2 Å². The maximum atomic E-state index is 6.61. The summed E-state index contributed by atoms with van der Waals surface area (Å²) in [7, 11) is -1.77. The van der Waals surface area contributed by atoms with Crippen molar-refractivity contribution in [2.75, 3.05) is 18.0 Å². The first-order chi connectivity index (χ1) is 15.6. The predicted octanol–water partition coefficient (Wildman–Crippen LogP) is 7.72. The van der Waals surface area contributed by atoms with E-state index < -0.39 is 8.32 Å². The molecule has 33 heavy (non-hydrogen) atoms. The highest BCUT2D eigenvalue weighted by Crippen LogP contribution is 2.40. The van der Waals surface area contributed by atoms with E-state index in [4.69, 9.17) is 21.0 Å². The van der Waals surface area contributed by atoms with E-state index in [0.29, 0.717) is 0 Å². The Kier molecular flexibility index (Phi) is 6.80. The van der Waals surface area contributed by atoms with E-state index in [2.05, 4.69) is 69.1 Å². The van der Waals surface area contributed by atoms with Crippen molar-refractivity contribution in [3.05, 3.63) is 95.0 Å². The molecule has 0 aromatic heterocycles. The molecule has 0 amide bonds. The van der Waals surface area contributed by atoms with Crippen molar-refractivity contribution in [2.45, 2.75) is 45.0 Å². The molecule has 0 atom stereocenters. The Morgan fingerprint density at radius 2 is 1.45 bits per heavy atom. The van der Waals surface area contributed by atoms with Gasteiger partial charge in [-0.15, -0.1) is 0 Å². The zero-order valence-electron chi connectivity index (χ0n) is 20.2. The third kappa shape index (κ3) is 5.40. The van der Waals surface area contributed by atoms with Gasteiger partial charge in [-0.25, -0.2) is 4.99 Å². The Morgan fingerprint density at radius 3 is 1.97 bits per heavy atom. The summed E-state index contributed by atoms with van der Waals surface area (Å²) in [5, 5.41) is 0.964. The lowest BCUT2D eigenvalue weighted by atomic mass is 10.0.